The summed E-state index contributed by atoms with van der Waals surface area (Å²) >= 11 is 0. The Morgan fingerprint density at radius 2 is 1.50 bits per heavy atom. The first-order chi connectivity index (χ1) is 16.2. The molecule has 2 aromatic rings. The number of methoxy groups -OCH3 is 2. The first-order valence-corrected chi connectivity index (χ1v) is 11.9. The lowest BCUT2D eigenvalue weighted by atomic mass is 9.87. The highest BCUT2D eigenvalue weighted by Gasteiger charge is 2.22. The maximum Gasteiger partial charge on any atom is 0.270 e. The second-order valence-electron chi connectivity index (χ2n) is 9.66. The summed E-state index contributed by atoms with van der Waals surface area (Å²) < 4.78 is 10.7. The van der Waals surface area contributed by atoms with Gasteiger partial charge in [0.25, 0.3) is 11.8 Å². The van der Waals surface area contributed by atoms with E-state index in [-0.39, 0.29) is 22.9 Å². The van der Waals surface area contributed by atoms with Gasteiger partial charge in [-0.15, -0.1) is 0 Å². The van der Waals surface area contributed by atoms with Crippen LogP contribution in [0.1, 0.15) is 67.9 Å². The summed E-state index contributed by atoms with van der Waals surface area (Å²) in [5.74, 6) is 0.677. The molecule has 1 aliphatic heterocycles. The van der Waals surface area contributed by atoms with Crippen molar-refractivity contribution < 1.29 is 19.1 Å². The van der Waals surface area contributed by atoms with E-state index in [1.807, 2.05) is 23.1 Å². The van der Waals surface area contributed by atoms with Crippen LogP contribution in [-0.2, 0) is 10.2 Å². The smallest absolute Gasteiger partial charge is 0.270 e. The predicted molar refractivity (Wildman–Crippen MR) is 135 cm³/mol. The van der Waals surface area contributed by atoms with Crippen LogP contribution in [0.2, 0.25) is 0 Å². The van der Waals surface area contributed by atoms with Gasteiger partial charge in [0.1, 0.15) is 5.70 Å². The summed E-state index contributed by atoms with van der Waals surface area (Å²) in [6.45, 7) is 7.78. The molecule has 6 heteroatoms. The third-order valence-corrected chi connectivity index (χ3v) is 6.10. The molecule has 0 aliphatic carbocycles. The van der Waals surface area contributed by atoms with Crippen molar-refractivity contribution in [1.82, 2.24) is 10.2 Å². The zero-order valence-electron chi connectivity index (χ0n) is 20.9. The van der Waals surface area contributed by atoms with E-state index in [9.17, 15) is 9.59 Å². The van der Waals surface area contributed by atoms with Gasteiger partial charge in [0, 0.05) is 18.7 Å². The minimum atomic E-state index is -0.310. The number of rotatable bonds is 6. The fourth-order valence-electron chi connectivity index (χ4n) is 4.02. The van der Waals surface area contributed by atoms with Crippen molar-refractivity contribution in [3.05, 3.63) is 64.9 Å². The Labute approximate surface area is 202 Å². The summed E-state index contributed by atoms with van der Waals surface area (Å²) in [7, 11) is 3.14. The van der Waals surface area contributed by atoms with E-state index in [1.165, 1.54) is 0 Å². The number of amides is 2. The lowest BCUT2D eigenvalue weighted by Gasteiger charge is -2.22. The predicted octanol–water partition coefficient (Wildman–Crippen LogP) is 5.17. The van der Waals surface area contributed by atoms with Crippen molar-refractivity contribution in [3.63, 3.8) is 0 Å². The third kappa shape index (κ3) is 6.40. The highest BCUT2D eigenvalue weighted by atomic mass is 16.5. The average molecular weight is 465 g/mol. The number of likely N-dealkylation sites (tertiary alicyclic amines) is 1. The molecule has 0 aromatic heterocycles. The third-order valence-electron chi connectivity index (χ3n) is 6.10. The highest BCUT2D eigenvalue weighted by Crippen LogP contribution is 2.28. The van der Waals surface area contributed by atoms with Crippen molar-refractivity contribution >= 4 is 17.9 Å². The molecule has 2 amide bonds. The fourth-order valence-corrected chi connectivity index (χ4v) is 4.02. The number of hydrogen-bond acceptors (Lipinski definition) is 4. The average Bonchev–Trinajstić information content (AvgIpc) is 3.12. The monoisotopic (exact) mass is 464 g/mol. The summed E-state index contributed by atoms with van der Waals surface area (Å²) in [6, 6.07) is 12.9. The molecule has 6 nitrogen and oxygen atoms in total. The lowest BCUT2D eigenvalue weighted by Crippen LogP contribution is -2.39. The first kappa shape index (κ1) is 25.3. The van der Waals surface area contributed by atoms with E-state index in [1.54, 1.807) is 44.6 Å². The maximum atomic E-state index is 13.5. The van der Waals surface area contributed by atoms with E-state index in [4.69, 9.17) is 9.47 Å². The molecule has 1 aliphatic rings. The molecule has 34 heavy (non-hydrogen) atoms. The van der Waals surface area contributed by atoms with Gasteiger partial charge in [-0.1, -0.05) is 51.8 Å². The van der Waals surface area contributed by atoms with E-state index in [2.05, 4.69) is 26.1 Å². The highest BCUT2D eigenvalue weighted by molar-refractivity contribution is 6.05. The minimum Gasteiger partial charge on any atom is -0.493 e. The molecule has 0 unspecified atom stereocenters. The molecule has 0 bridgehead atoms. The molecule has 1 saturated heterocycles. The van der Waals surface area contributed by atoms with Crippen molar-refractivity contribution in [3.8, 4) is 11.5 Å². The minimum absolute atomic E-state index is 0.00374. The lowest BCUT2D eigenvalue weighted by molar-refractivity contribution is -0.127. The van der Waals surface area contributed by atoms with Crippen LogP contribution < -0.4 is 14.8 Å². The van der Waals surface area contributed by atoms with Crippen LogP contribution in [0.5, 0.6) is 11.5 Å². The van der Waals surface area contributed by atoms with Crippen molar-refractivity contribution in [2.45, 2.75) is 51.9 Å². The number of carbonyl (C=O) groups excluding carboxylic acids is 2. The molecule has 1 N–H and O–H groups in total. The summed E-state index contributed by atoms with van der Waals surface area (Å²) in [5, 5.41) is 2.88. The van der Waals surface area contributed by atoms with Gasteiger partial charge >= 0.3 is 0 Å². The molecule has 1 heterocycles. The second-order valence-corrected chi connectivity index (χ2v) is 9.66. The quantitative estimate of drug-likeness (QED) is 0.599. The number of carbonyl (C=O) groups is 2. The van der Waals surface area contributed by atoms with Gasteiger partial charge in [-0.3, -0.25) is 9.59 Å². The van der Waals surface area contributed by atoms with Crippen molar-refractivity contribution in [2.75, 3.05) is 27.3 Å². The van der Waals surface area contributed by atoms with Crippen LogP contribution >= 0.6 is 0 Å². The number of nitrogens with zero attached hydrogens (tertiary/aromatic N) is 1. The maximum absolute atomic E-state index is 13.5. The van der Waals surface area contributed by atoms with Crippen LogP contribution in [0.4, 0.5) is 0 Å². The van der Waals surface area contributed by atoms with Gasteiger partial charge in [-0.2, -0.15) is 0 Å². The second kappa shape index (κ2) is 11.2. The molecule has 0 atom stereocenters. The summed E-state index contributed by atoms with van der Waals surface area (Å²) in [4.78, 5) is 28.4. The molecular weight excluding hydrogens is 428 g/mol. The molecule has 2 aromatic carbocycles. The van der Waals surface area contributed by atoms with Gasteiger partial charge < -0.3 is 19.7 Å². The van der Waals surface area contributed by atoms with E-state index < -0.39 is 0 Å². The Hall–Kier alpha value is -3.28. The summed E-state index contributed by atoms with van der Waals surface area (Å²) in [5.41, 5.74) is 2.63. The molecule has 0 radical (unpaired) electrons. The van der Waals surface area contributed by atoms with E-state index in [0.717, 1.165) is 36.8 Å². The Bertz CT molecular complexity index is 1030. The standard InChI is InChI=1S/C28H36N2O4/c1-28(2,3)22-13-11-21(12-14-22)26(31)29-23(27(32)30-16-8-6-7-9-17-30)18-20-10-15-24(33-4)25(19-20)34-5/h10-15,18-19H,6-9,16-17H2,1-5H3,(H,29,31)/b23-18-. The van der Waals surface area contributed by atoms with Gasteiger partial charge in [0.15, 0.2) is 11.5 Å². The van der Waals surface area contributed by atoms with Crippen molar-refractivity contribution in [1.29, 1.82) is 0 Å². The number of nitrogens with one attached hydrogen (secondary N) is 1. The largest absolute Gasteiger partial charge is 0.493 e. The molecule has 3 rings (SSSR count). The molecular formula is C28H36N2O4. The van der Waals surface area contributed by atoms with Crippen molar-refractivity contribution in [2.24, 2.45) is 0 Å². The molecule has 0 saturated carbocycles. The SMILES string of the molecule is COc1ccc(/C=C(\NC(=O)c2ccc(C(C)(C)C)cc2)C(=O)N2CCCCCC2)cc1OC. The van der Waals surface area contributed by atoms with Gasteiger partial charge in [0.05, 0.1) is 14.2 Å². The van der Waals surface area contributed by atoms with Gasteiger partial charge in [0.2, 0.25) is 0 Å². The van der Waals surface area contributed by atoms with Gasteiger partial charge in [-0.05, 0) is 59.7 Å². The Morgan fingerprint density at radius 3 is 2.06 bits per heavy atom. The number of hydrogen-bond donors (Lipinski definition) is 1. The Kier molecular flexibility index (Phi) is 8.37. The zero-order valence-corrected chi connectivity index (χ0v) is 20.9. The van der Waals surface area contributed by atoms with Crippen LogP contribution in [0.3, 0.4) is 0 Å². The fraction of sp³-hybridized carbons (Fsp3) is 0.429. The van der Waals surface area contributed by atoms with Crippen LogP contribution in [0.25, 0.3) is 6.08 Å². The number of ether oxygens (including phenoxy) is 2. The summed E-state index contributed by atoms with van der Waals surface area (Å²) in [6.07, 6.45) is 5.88. The van der Waals surface area contributed by atoms with Crippen LogP contribution in [-0.4, -0.2) is 44.0 Å². The number of benzene rings is 2. The Morgan fingerprint density at radius 1 is 0.882 bits per heavy atom. The Balaban J connectivity index is 1.92. The molecule has 182 valence electrons. The topological polar surface area (TPSA) is 67.9 Å². The molecule has 0 spiro atoms. The van der Waals surface area contributed by atoms with Crippen LogP contribution in [0.15, 0.2) is 48.2 Å². The first-order valence-electron chi connectivity index (χ1n) is 11.9. The molecule has 1 fully saturated rings. The van der Waals surface area contributed by atoms with E-state index >= 15 is 0 Å². The van der Waals surface area contributed by atoms with Gasteiger partial charge in [-0.25, -0.2) is 0 Å². The normalized spacial score (nSPS) is 14.9. The zero-order chi connectivity index (χ0) is 24.7. The van der Waals surface area contributed by atoms with E-state index in [0.29, 0.717) is 30.2 Å². The van der Waals surface area contributed by atoms with Crippen LogP contribution in [0, 0.1) is 0 Å².